The number of methoxy groups -OCH3 is 1. The third-order valence-corrected chi connectivity index (χ3v) is 4.68. The number of hydrogen-bond donors (Lipinski definition) is 1. The highest BCUT2D eigenvalue weighted by molar-refractivity contribution is 5.93. The van der Waals surface area contributed by atoms with Crippen LogP contribution in [0.25, 0.3) is 11.0 Å². The van der Waals surface area contributed by atoms with E-state index in [2.05, 4.69) is 5.32 Å². The lowest BCUT2D eigenvalue weighted by Crippen LogP contribution is -2.20. The van der Waals surface area contributed by atoms with Crippen molar-refractivity contribution in [3.63, 3.8) is 0 Å². The monoisotopic (exact) mass is 431 g/mol. The van der Waals surface area contributed by atoms with Crippen LogP contribution in [-0.4, -0.2) is 19.6 Å². The lowest BCUT2D eigenvalue weighted by molar-refractivity contribution is -0.118. The predicted octanol–water partition coefficient (Wildman–Crippen LogP) is 4.92. The fourth-order valence-corrected chi connectivity index (χ4v) is 3.14. The van der Waals surface area contributed by atoms with Crippen molar-refractivity contribution in [3.05, 3.63) is 88.8 Å². The number of aryl methyl sites for hydroxylation is 1. The highest BCUT2D eigenvalue weighted by atomic mass is 16.5. The third-order valence-electron chi connectivity index (χ3n) is 4.68. The maximum atomic E-state index is 12.8. The number of carbonyl (C=O) groups is 1. The molecule has 1 N–H and O–H groups in total. The van der Waals surface area contributed by atoms with Gasteiger partial charge in [0.2, 0.25) is 11.2 Å². The van der Waals surface area contributed by atoms with Gasteiger partial charge in [0.15, 0.2) is 6.61 Å². The molecule has 1 amide bonds. The Balaban J connectivity index is 1.45. The summed E-state index contributed by atoms with van der Waals surface area (Å²) in [4.78, 5) is 25.0. The van der Waals surface area contributed by atoms with Crippen LogP contribution in [0.2, 0.25) is 0 Å². The normalized spacial score (nSPS) is 10.6. The zero-order valence-electron chi connectivity index (χ0n) is 17.6. The quantitative estimate of drug-likeness (QED) is 0.447. The number of carbonyl (C=O) groups excluding carboxylic acids is 1. The molecule has 0 bridgehead atoms. The second-order valence-corrected chi connectivity index (χ2v) is 7.04. The minimum atomic E-state index is -0.349. The fourth-order valence-electron chi connectivity index (χ4n) is 3.14. The molecule has 4 rings (SSSR count). The standard InChI is InChI=1S/C25H21NO6/c1-16-6-5-7-18(12-16)32-23-14-31-22-13-17(10-11-19(22)25(23)28)30-15-24(27)26-20-8-3-4-9-21(20)29-2/h3-14H,15H2,1-2H3,(H,26,27). The maximum absolute atomic E-state index is 12.8. The molecule has 0 atom stereocenters. The summed E-state index contributed by atoms with van der Waals surface area (Å²) in [6, 6.07) is 19.2. The van der Waals surface area contributed by atoms with Crippen molar-refractivity contribution in [1.29, 1.82) is 0 Å². The number of anilines is 1. The predicted molar refractivity (Wildman–Crippen MR) is 121 cm³/mol. The first kappa shape index (κ1) is 21.0. The number of benzene rings is 3. The van der Waals surface area contributed by atoms with E-state index in [1.807, 2.05) is 31.2 Å². The molecule has 7 nitrogen and oxygen atoms in total. The third kappa shape index (κ3) is 4.73. The molecule has 4 aromatic rings. The molecule has 0 saturated heterocycles. The number of ether oxygens (including phenoxy) is 3. The topological polar surface area (TPSA) is 87.0 Å². The summed E-state index contributed by atoms with van der Waals surface area (Å²) in [5.41, 5.74) is 1.60. The SMILES string of the molecule is COc1ccccc1NC(=O)COc1ccc2c(=O)c(Oc3cccc(C)c3)coc2c1. The van der Waals surface area contributed by atoms with Gasteiger partial charge in [-0.1, -0.05) is 24.3 Å². The van der Waals surface area contributed by atoms with Crippen molar-refractivity contribution >= 4 is 22.6 Å². The van der Waals surface area contributed by atoms with Gasteiger partial charge in [-0.25, -0.2) is 0 Å². The summed E-state index contributed by atoms with van der Waals surface area (Å²) in [5, 5.41) is 3.08. The summed E-state index contributed by atoms with van der Waals surface area (Å²) in [6.45, 7) is 1.72. The van der Waals surface area contributed by atoms with Crippen LogP contribution in [0.4, 0.5) is 5.69 Å². The van der Waals surface area contributed by atoms with E-state index in [0.29, 0.717) is 33.9 Å². The molecular formula is C25H21NO6. The summed E-state index contributed by atoms with van der Waals surface area (Å²) in [7, 11) is 1.53. The van der Waals surface area contributed by atoms with E-state index >= 15 is 0 Å². The second-order valence-electron chi connectivity index (χ2n) is 7.04. The summed E-state index contributed by atoms with van der Waals surface area (Å²) >= 11 is 0. The summed E-state index contributed by atoms with van der Waals surface area (Å²) < 4.78 is 22.0. The van der Waals surface area contributed by atoms with E-state index in [-0.39, 0.29) is 23.7 Å². The number of amides is 1. The van der Waals surface area contributed by atoms with E-state index in [0.717, 1.165) is 5.56 Å². The Hall–Kier alpha value is -4.26. The smallest absolute Gasteiger partial charge is 0.262 e. The molecule has 1 aromatic heterocycles. The Morgan fingerprint density at radius 3 is 2.62 bits per heavy atom. The van der Waals surface area contributed by atoms with Gasteiger partial charge in [0, 0.05) is 6.07 Å². The van der Waals surface area contributed by atoms with E-state index in [1.54, 1.807) is 42.5 Å². The molecule has 0 aliphatic heterocycles. The van der Waals surface area contributed by atoms with Crippen LogP contribution in [0.3, 0.4) is 0 Å². The largest absolute Gasteiger partial charge is 0.495 e. The van der Waals surface area contributed by atoms with E-state index in [4.69, 9.17) is 18.6 Å². The van der Waals surface area contributed by atoms with Gasteiger partial charge in [-0.2, -0.15) is 0 Å². The number of hydrogen-bond acceptors (Lipinski definition) is 6. The molecule has 0 saturated carbocycles. The first-order chi connectivity index (χ1) is 15.5. The van der Waals surface area contributed by atoms with Crippen molar-refractivity contribution in [1.82, 2.24) is 0 Å². The Bertz CT molecular complexity index is 1330. The van der Waals surface area contributed by atoms with Gasteiger partial charge in [0.1, 0.15) is 29.1 Å². The number of nitrogens with one attached hydrogen (secondary N) is 1. The summed E-state index contributed by atoms with van der Waals surface area (Å²) in [5.74, 6) is 1.24. The van der Waals surface area contributed by atoms with Crippen LogP contribution in [0.15, 0.2) is 82.2 Å². The molecule has 32 heavy (non-hydrogen) atoms. The van der Waals surface area contributed by atoms with Crippen LogP contribution in [0.5, 0.6) is 23.0 Å². The van der Waals surface area contributed by atoms with Gasteiger partial charge in [-0.3, -0.25) is 9.59 Å². The average Bonchev–Trinajstić information content (AvgIpc) is 2.80. The maximum Gasteiger partial charge on any atom is 0.262 e. The molecule has 0 aliphatic rings. The van der Waals surface area contributed by atoms with Crippen LogP contribution < -0.4 is 25.0 Å². The average molecular weight is 431 g/mol. The minimum Gasteiger partial charge on any atom is -0.495 e. The van der Waals surface area contributed by atoms with Crippen molar-refractivity contribution in [2.24, 2.45) is 0 Å². The Morgan fingerprint density at radius 1 is 0.969 bits per heavy atom. The van der Waals surface area contributed by atoms with E-state index < -0.39 is 0 Å². The first-order valence-corrected chi connectivity index (χ1v) is 9.89. The molecule has 0 fully saturated rings. The molecule has 0 spiro atoms. The highest BCUT2D eigenvalue weighted by Crippen LogP contribution is 2.25. The zero-order valence-corrected chi connectivity index (χ0v) is 17.6. The molecule has 0 radical (unpaired) electrons. The minimum absolute atomic E-state index is 0.0907. The summed E-state index contributed by atoms with van der Waals surface area (Å²) in [6.07, 6.45) is 1.27. The van der Waals surface area contributed by atoms with Gasteiger partial charge in [0.25, 0.3) is 5.91 Å². The zero-order chi connectivity index (χ0) is 22.5. The lowest BCUT2D eigenvalue weighted by Gasteiger charge is -2.11. The first-order valence-electron chi connectivity index (χ1n) is 9.89. The molecule has 7 heteroatoms. The van der Waals surface area contributed by atoms with Gasteiger partial charge < -0.3 is 23.9 Å². The van der Waals surface area contributed by atoms with E-state index in [9.17, 15) is 9.59 Å². The lowest BCUT2D eigenvalue weighted by atomic mass is 10.2. The van der Waals surface area contributed by atoms with Gasteiger partial charge in [-0.15, -0.1) is 0 Å². The van der Waals surface area contributed by atoms with Crippen molar-refractivity contribution in [2.45, 2.75) is 6.92 Å². The van der Waals surface area contributed by atoms with Gasteiger partial charge >= 0.3 is 0 Å². The Kier molecular flexibility index (Phi) is 6.07. The molecule has 162 valence electrons. The Labute approximate surface area is 184 Å². The van der Waals surface area contributed by atoms with Crippen LogP contribution in [-0.2, 0) is 4.79 Å². The van der Waals surface area contributed by atoms with Gasteiger partial charge in [-0.05, 0) is 48.9 Å². The van der Waals surface area contributed by atoms with Gasteiger partial charge in [0.05, 0.1) is 18.2 Å². The number of fused-ring (bicyclic) bond motifs is 1. The van der Waals surface area contributed by atoms with Crippen molar-refractivity contribution in [2.75, 3.05) is 19.0 Å². The highest BCUT2D eigenvalue weighted by Gasteiger charge is 2.12. The van der Waals surface area contributed by atoms with E-state index in [1.165, 1.54) is 13.4 Å². The molecule has 0 aliphatic carbocycles. The molecule has 1 heterocycles. The van der Waals surface area contributed by atoms with Crippen LogP contribution in [0, 0.1) is 6.92 Å². The second kappa shape index (κ2) is 9.26. The number of para-hydroxylation sites is 2. The van der Waals surface area contributed by atoms with Crippen molar-refractivity contribution in [3.8, 4) is 23.0 Å². The molecular weight excluding hydrogens is 410 g/mol. The molecule has 3 aromatic carbocycles. The molecule has 0 unspecified atom stereocenters. The van der Waals surface area contributed by atoms with Crippen LogP contribution >= 0.6 is 0 Å². The fraction of sp³-hybridized carbons (Fsp3) is 0.120. The Morgan fingerprint density at radius 2 is 1.81 bits per heavy atom. The van der Waals surface area contributed by atoms with Crippen LogP contribution in [0.1, 0.15) is 5.56 Å². The number of rotatable bonds is 7. The van der Waals surface area contributed by atoms with Crippen molar-refractivity contribution < 1.29 is 23.4 Å².